The summed E-state index contributed by atoms with van der Waals surface area (Å²) in [6.07, 6.45) is 2.13. The Hall–Kier alpha value is -2.47. The molecule has 0 unspecified atom stereocenters. The molecule has 0 spiro atoms. The number of halogens is 1. The van der Waals surface area contributed by atoms with Crippen LogP contribution >= 0.6 is 11.8 Å². The molecule has 0 radical (unpaired) electrons. The molecule has 0 aliphatic carbocycles. The number of hydrogen-bond acceptors (Lipinski definition) is 3. The van der Waals surface area contributed by atoms with E-state index in [9.17, 15) is 9.18 Å². The lowest BCUT2D eigenvalue weighted by Crippen LogP contribution is -2.35. The highest BCUT2D eigenvalue weighted by atomic mass is 32.2. The predicted octanol–water partition coefficient (Wildman–Crippen LogP) is 5.87. The molecule has 28 heavy (non-hydrogen) atoms. The fraction of sp³-hybridized carbons (Fsp3) is 0.318. The van der Waals surface area contributed by atoms with Gasteiger partial charge in [-0.2, -0.15) is 0 Å². The van der Waals surface area contributed by atoms with Crippen LogP contribution in [0.25, 0.3) is 10.9 Å². The second-order valence-corrected chi connectivity index (χ2v) is 8.79. The van der Waals surface area contributed by atoms with Gasteiger partial charge < -0.3 is 14.6 Å². The molecule has 1 heterocycles. The molecule has 148 valence electrons. The zero-order chi connectivity index (χ0) is 20.3. The van der Waals surface area contributed by atoms with E-state index in [-0.39, 0.29) is 11.9 Å². The van der Waals surface area contributed by atoms with Crippen molar-refractivity contribution >= 4 is 28.8 Å². The lowest BCUT2D eigenvalue weighted by Gasteiger charge is -2.24. The Morgan fingerprint density at radius 2 is 1.93 bits per heavy atom. The van der Waals surface area contributed by atoms with E-state index in [1.807, 2.05) is 45.2 Å². The Bertz CT molecular complexity index is 978. The first kappa shape index (κ1) is 20.3. The molecule has 0 aliphatic rings. The number of H-pyrrole nitrogens is 1. The summed E-state index contributed by atoms with van der Waals surface area (Å²) in [5, 5.41) is 1.13. The first-order valence-corrected chi connectivity index (χ1v) is 10.0. The van der Waals surface area contributed by atoms with Gasteiger partial charge >= 0.3 is 6.09 Å². The summed E-state index contributed by atoms with van der Waals surface area (Å²) in [6, 6.07) is 12.9. The highest BCUT2D eigenvalue weighted by Gasteiger charge is 2.20. The lowest BCUT2D eigenvalue weighted by atomic mass is 10.1. The van der Waals surface area contributed by atoms with Crippen molar-refractivity contribution in [3.05, 3.63) is 60.0 Å². The minimum absolute atomic E-state index is 0.279. The third-order valence-corrected chi connectivity index (χ3v) is 5.39. The fourth-order valence-corrected chi connectivity index (χ4v) is 3.88. The van der Waals surface area contributed by atoms with Crippen LogP contribution in [0.3, 0.4) is 0 Å². The highest BCUT2D eigenvalue weighted by molar-refractivity contribution is 7.99. The quantitative estimate of drug-likeness (QED) is 0.583. The van der Waals surface area contributed by atoms with Gasteiger partial charge in [-0.1, -0.05) is 30.0 Å². The number of carbonyl (C=O) groups excluding carboxylic acids is 1. The molecule has 0 saturated carbocycles. The van der Waals surface area contributed by atoms with Gasteiger partial charge in [0.15, 0.2) is 0 Å². The lowest BCUT2D eigenvalue weighted by molar-refractivity contribution is 0.0300. The Kier molecular flexibility index (Phi) is 5.98. The molecule has 3 aromatic rings. The Morgan fingerprint density at radius 1 is 1.18 bits per heavy atom. The zero-order valence-electron chi connectivity index (χ0n) is 16.6. The normalized spacial score (nSPS) is 11.6. The van der Waals surface area contributed by atoms with E-state index in [0.717, 1.165) is 26.3 Å². The van der Waals surface area contributed by atoms with Gasteiger partial charge in [0, 0.05) is 40.5 Å². The maximum atomic E-state index is 13.9. The molecule has 4 nitrogen and oxygen atoms in total. The predicted molar refractivity (Wildman–Crippen MR) is 111 cm³/mol. The van der Waals surface area contributed by atoms with Crippen LogP contribution in [-0.2, 0) is 11.2 Å². The van der Waals surface area contributed by atoms with E-state index in [4.69, 9.17) is 4.74 Å². The standard InChI is InChI=1S/C22H25FN2O2S/c1-22(2,3)27-21(26)25(4)12-11-15-13-16(23)9-10-19(15)28-20-14-24-18-8-6-5-7-17(18)20/h5-10,13-14,24H,11-12H2,1-4H3. The van der Waals surface area contributed by atoms with E-state index in [1.165, 1.54) is 11.0 Å². The van der Waals surface area contributed by atoms with Crippen molar-refractivity contribution in [3.63, 3.8) is 0 Å². The van der Waals surface area contributed by atoms with Crippen LogP contribution < -0.4 is 0 Å². The fourth-order valence-electron chi connectivity index (χ4n) is 2.81. The summed E-state index contributed by atoms with van der Waals surface area (Å²) in [4.78, 5) is 19.0. The van der Waals surface area contributed by atoms with E-state index in [2.05, 4.69) is 11.1 Å². The number of benzene rings is 2. The van der Waals surface area contributed by atoms with Gasteiger partial charge in [-0.05, 0) is 57.0 Å². The molecule has 0 bridgehead atoms. The number of aromatic amines is 1. The molecular formula is C22H25FN2O2S. The summed E-state index contributed by atoms with van der Waals surface area (Å²) < 4.78 is 19.2. The van der Waals surface area contributed by atoms with E-state index in [1.54, 1.807) is 30.9 Å². The minimum atomic E-state index is -0.541. The number of aromatic nitrogens is 1. The van der Waals surface area contributed by atoms with Crippen LogP contribution in [0.1, 0.15) is 26.3 Å². The third kappa shape index (κ3) is 5.07. The number of carbonyl (C=O) groups is 1. The summed E-state index contributed by atoms with van der Waals surface area (Å²) in [7, 11) is 1.69. The molecule has 1 N–H and O–H groups in total. The van der Waals surface area contributed by atoms with Crippen LogP contribution in [0.4, 0.5) is 9.18 Å². The number of ether oxygens (including phenoxy) is 1. The average Bonchev–Trinajstić information content (AvgIpc) is 3.03. The van der Waals surface area contributed by atoms with Crippen molar-refractivity contribution in [1.82, 2.24) is 9.88 Å². The smallest absolute Gasteiger partial charge is 0.410 e. The summed E-state index contributed by atoms with van der Waals surface area (Å²) in [6.45, 7) is 5.95. The second-order valence-electron chi connectivity index (χ2n) is 7.70. The van der Waals surface area contributed by atoms with Crippen molar-refractivity contribution in [2.45, 2.75) is 42.6 Å². The van der Waals surface area contributed by atoms with Crippen molar-refractivity contribution in [2.75, 3.05) is 13.6 Å². The van der Waals surface area contributed by atoms with Gasteiger partial charge in [0.2, 0.25) is 0 Å². The molecule has 0 saturated heterocycles. The van der Waals surface area contributed by atoms with Gasteiger partial charge in [0.1, 0.15) is 11.4 Å². The van der Waals surface area contributed by atoms with Crippen LogP contribution in [0.5, 0.6) is 0 Å². The number of likely N-dealkylation sites (N-methyl/N-ethyl adjacent to an activating group) is 1. The first-order valence-electron chi connectivity index (χ1n) is 9.19. The molecule has 2 aromatic carbocycles. The molecule has 0 fully saturated rings. The largest absolute Gasteiger partial charge is 0.444 e. The molecule has 0 aliphatic heterocycles. The molecule has 3 rings (SSSR count). The van der Waals surface area contributed by atoms with Gasteiger partial charge in [0.25, 0.3) is 0 Å². The average molecular weight is 401 g/mol. The van der Waals surface area contributed by atoms with Crippen molar-refractivity contribution in [3.8, 4) is 0 Å². The van der Waals surface area contributed by atoms with Gasteiger partial charge in [0.05, 0.1) is 0 Å². The summed E-state index contributed by atoms with van der Waals surface area (Å²) >= 11 is 1.60. The van der Waals surface area contributed by atoms with Crippen molar-refractivity contribution in [2.24, 2.45) is 0 Å². The highest BCUT2D eigenvalue weighted by Crippen LogP contribution is 2.35. The van der Waals surface area contributed by atoms with Crippen LogP contribution in [0.15, 0.2) is 58.5 Å². The maximum absolute atomic E-state index is 13.9. The summed E-state index contributed by atoms with van der Waals surface area (Å²) in [5.74, 6) is -0.279. The SMILES string of the molecule is CN(CCc1cc(F)ccc1Sc1c[nH]c2ccccc12)C(=O)OC(C)(C)C. The Morgan fingerprint density at radius 3 is 2.68 bits per heavy atom. The third-order valence-electron chi connectivity index (χ3n) is 4.22. The van der Waals surface area contributed by atoms with E-state index >= 15 is 0 Å². The molecule has 1 aromatic heterocycles. The number of fused-ring (bicyclic) bond motifs is 1. The molecule has 6 heteroatoms. The number of nitrogens with one attached hydrogen (secondary N) is 1. The summed E-state index contributed by atoms with van der Waals surface area (Å²) in [5.41, 5.74) is 1.39. The van der Waals surface area contributed by atoms with Crippen LogP contribution in [-0.4, -0.2) is 35.2 Å². The van der Waals surface area contributed by atoms with Crippen LogP contribution in [0, 0.1) is 5.82 Å². The first-order chi connectivity index (χ1) is 13.2. The maximum Gasteiger partial charge on any atom is 0.410 e. The van der Waals surface area contributed by atoms with Gasteiger partial charge in [-0.15, -0.1) is 0 Å². The van der Waals surface area contributed by atoms with E-state index < -0.39 is 5.60 Å². The van der Waals surface area contributed by atoms with Gasteiger partial charge in [-0.25, -0.2) is 9.18 Å². The number of para-hydroxylation sites is 1. The minimum Gasteiger partial charge on any atom is -0.444 e. The number of hydrogen-bond donors (Lipinski definition) is 1. The van der Waals surface area contributed by atoms with Crippen LogP contribution in [0.2, 0.25) is 0 Å². The number of nitrogens with zero attached hydrogens (tertiary/aromatic N) is 1. The van der Waals surface area contributed by atoms with Gasteiger partial charge in [-0.3, -0.25) is 0 Å². The van der Waals surface area contributed by atoms with Crippen molar-refractivity contribution in [1.29, 1.82) is 0 Å². The Balaban J connectivity index is 1.75. The Labute approximate surface area is 169 Å². The monoisotopic (exact) mass is 400 g/mol. The zero-order valence-corrected chi connectivity index (χ0v) is 17.4. The van der Waals surface area contributed by atoms with Crippen molar-refractivity contribution < 1.29 is 13.9 Å². The molecule has 1 amide bonds. The molecular weight excluding hydrogens is 375 g/mol. The molecule has 0 atom stereocenters. The number of rotatable bonds is 5. The number of amides is 1. The van der Waals surface area contributed by atoms with E-state index in [0.29, 0.717) is 13.0 Å². The topological polar surface area (TPSA) is 45.3 Å². The second kappa shape index (κ2) is 8.27.